The molecule has 0 saturated carbocycles. The summed E-state index contributed by atoms with van der Waals surface area (Å²) in [6.45, 7) is 1.08. The highest BCUT2D eigenvalue weighted by Gasteiger charge is 2.31. The van der Waals surface area contributed by atoms with Crippen LogP contribution in [0.2, 0.25) is 0 Å². The Balaban J connectivity index is 1.72. The third-order valence-electron chi connectivity index (χ3n) is 4.86. The maximum atomic E-state index is 12.4. The lowest BCUT2D eigenvalue weighted by Crippen LogP contribution is -2.42. The van der Waals surface area contributed by atoms with E-state index in [1.165, 1.54) is 0 Å². The Morgan fingerprint density at radius 3 is 2.76 bits per heavy atom. The van der Waals surface area contributed by atoms with Gasteiger partial charge >= 0.3 is 0 Å². The van der Waals surface area contributed by atoms with Gasteiger partial charge in [0.15, 0.2) is 0 Å². The summed E-state index contributed by atoms with van der Waals surface area (Å²) in [6, 6.07) is 16.9. The van der Waals surface area contributed by atoms with Gasteiger partial charge in [-0.3, -0.25) is 14.5 Å². The summed E-state index contributed by atoms with van der Waals surface area (Å²) >= 11 is 0. The number of nitrogens with two attached hydrogens (primary N) is 1. The fourth-order valence-electron chi connectivity index (χ4n) is 3.65. The molecular weight excluding hydrogens is 314 g/mol. The minimum absolute atomic E-state index is 0.124. The van der Waals surface area contributed by atoms with Crippen LogP contribution in [0.1, 0.15) is 22.7 Å². The SMILES string of the molecule is NC(=O)C1c2ccccc2CCN1Cc1cc2ccccc2[nH]c1=O. The maximum Gasteiger partial charge on any atom is 0.252 e. The molecule has 1 atom stereocenters. The van der Waals surface area contributed by atoms with Crippen LogP contribution in [0.4, 0.5) is 0 Å². The second-order valence-electron chi connectivity index (χ2n) is 6.44. The lowest BCUT2D eigenvalue weighted by molar-refractivity contribution is -0.124. The molecule has 1 unspecified atom stereocenters. The van der Waals surface area contributed by atoms with Gasteiger partial charge in [-0.15, -0.1) is 0 Å². The summed E-state index contributed by atoms with van der Waals surface area (Å²) in [7, 11) is 0. The van der Waals surface area contributed by atoms with E-state index in [0.29, 0.717) is 18.7 Å². The molecule has 2 aromatic carbocycles. The van der Waals surface area contributed by atoms with Gasteiger partial charge in [-0.05, 0) is 35.1 Å². The topological polar surface area (TPSA) is 79.2 Å². The summed E-state index contributed by atoms with van der Waals surface area (Å²) < 4.78 is 0. The van der Waals surface area contributed by atoms with Gasteiger partial charge in [-0.25, -0.2) is 0 Å². The molecule has 0 saturated heterocycles. The van der Waals surface area contributed by atoms with E-state index in [4.69, 9.17) is 5.73 Å². The second-order valence-corrected chi connectivity index (χ2v) is 6.44. The van der Waals surface area contributed by atoms with E-state index in [9.17, 15) is 9.59 Å². The van der Waals surface area contributed by atoms with Crippen LogP contribution in [0.15, 0.2) is 59.4 Å². The van der Waals surface area contributed by atoms with Crippen molar-refractivity contribution < 1.29 is 4.79 Å². The Bertz CT molecular complexity index is 1010. The van der Waals surface area contributed by atoms with Crippen LogP contribution < -0.4 is 11.3 Å². The highest BCUT2D eigenvalue weighted by atomic mass is 16.1. The first kappa shape index (κ1) is 15.6. The van der Waals surface area contributed by atoms with Crippen molar-refractivity contribution in [1.82, 2.24) is 9.88 Å². The summed E-state index contributed by atoms with van der Waals surface area (Å²) in [5.74, 6) is -0.385. The molecule has 0 aliphatic carbocycles. The molecule has 0 spiro atoms. The zero-order chi connectivity index (χ0) is 17.4. The number of nitrogens with zero attached hydrogens (tertiary/aromatic N) is 1. The second kappa shape index (κ2) is 6.18. The fourth-order valence-corrected chi connectivity index (χ4v) is 3.65. The molecule has 0 radical (unpaired) electrons. The number of hydrogen-bond acceptors (Lipinski definition) is 3. The van der Waals surface area contributed by atoms with E-state index >= 15 is 0 Å². The molecule has 2 heterocycles. The Kier molecular flexibility index (Phi) is 3.86. The molecule has 25 heavy (non-hydrogen) atoms. The van der Waals surface area contributed by atoms with Crippen molar-refractivity contribution >= 4 is 16.8 Å². The number of aromatic amines is 1. The van der Waals surface area contributed by atoms with Gasteiger partial charge in [0.25, 0.3) is 5.56 Å². The highest BCUT2D eigenvalue weighted by molar-refractivity contribution is 5.82. The first-order chi connectivity index (χ1) is 12.1. The molecule has 1 aromatic heterocycles. The van der Waals surface area contributed by atoms with Gasteiger partial charge in [0.1, 0.15) is 6.04 Å². The maximum absolute atomic E-state index is 12.4. The van der Waals surface area contributed by atoms with Gasteiger partial charge in [-0.2, -0.15) is 0 Å². The number of aromatic nitrogens is 1. The average molecular weight is 333 g/mol. The lowest BCUT2D eigenvalue weighted by atomic mass is 9.92. The van der Waals surface area contributed by atoms with Crippen molar-refractivity contribution in [3.63, 3.8) is 0 Å². The van der Waals surface area contributed by atoms with Crippen molar-refractivity contribution in [2.45, 2.75) is 19.0 Å². The van der Waals surface area contributed by atoms with Crippen LogP contribution in [0.3, 0.4) is 0 Å². The third kappa shape index (κ3) is 2.83. The van der Waals surface area contributed by atoms with Crippen LogP contribution in [-0.4, -0.2) is 22.3 Å². The molecule has 1 aliphatic heterocycles. The van der Waals surface area contributed by atoms with E-state index in [1.54, 1.807) is 0 Å². The Labute approximate surface area is 145 Å². The number of primary amides is 1. The standard InChI is InChI=1S/C20H19N3O2/c21-19(24)18-16-7-3-1-5-13(16)9-10-23(18)12-15-11-14-6-2-4-8-17(14)22-20(15)25/h1-8,11,18H,9-10,12H2,(H2,21,24)(H,22,25). The summed E-state index contributed by atoms with van der Waals surface area (Å²) in [5.41, 5.74) is 9.11. The average Bonchev–Trinajstić information content (AvgIpc) is 2.61. The first-order valence-electron chi connectivity index (χ1n) is 8.35. The number of para-hydroxylation sites is 1. The third-order valence-corrected chi connectivity index (χ3v) is 4.86. The zero-order valence-corrected chi connectivity index (χ0v) is 13.7. The number of hydrogen-bond donors (Lipinski definition) is 2. The lowest BCUT2D eigenvalue weighted by Gasteiger charge is -2.35. The normalized spacial score (nSPS) is 17.4. The minimum atomic E-state index is -0.504. The smallest absolute Gasteiger partial charge is 0.252 e. The van der Waals surface area contributed by atoms with E-state index in [0.717, 1.165) is 28.5 Å². The first-order valence-corrected chi connectivity index (χ1v) is 8.35. The predicted molar refractivity (Wildman–Crippen MR) is 97.1 cm³/mol. The van der Waals surface area contributed by atoms with E-state index in [-0.39, 0.29) is 11.5 Å². The number of nitrogens with one attached hydrogen (secondary N) is 1. The molecule has 5 heteroatoms. The summed E-state index contributed by atoms with van der Waals surface area (Å²) in [5, 5.41) is 0.977. The van der Waals surface area contributed by atoms with Gasteiger partial charge in [0.2, 0.25) is 5.91 Å². The summed E-state index contributed by atoms with van der Waals surface area (Å²) in [6.07, 6.45) is 0.839. The highest BCUT2D eigenvalue weighted by Crippen LogP contribution is 2.30. The van der Waals surface area contributed by atoms with Crippen LogP contribution in [0, 0.1) is 0 Å². The molecule has 4 rings (SSSR count). The van der Waals surface area contributed by atoms with Gasteiger partial charge in [0, 0.05) is 24.2 Å². The number of carbonyl (C=O) groups excluding carboxylic acids is 1. The Hall–Kier alpha value is -2.92. The van der Waals surface area contributed by atoms with Crippen molar-refractivity contribution in [3.05, 3.63) is 81.6 Å². The van der Waals surface area contributed by atoms with Crippen LogP contribution in [0.25, 0.3) is 10.9 Å². The van der Waals surface area contributed by atoms with E-state index in [2.05, 4.69) is 4.98 Å². The molecular formula is C20H19N3O2. The van der Waals surface area contributed by atoms with Crippen LogP contribution >= 0.6 is 0 Å². The fraction of sp³-hybridized carbons (Fsp3) is 0.200. The van der Waals surface area contributed by atoms with Crippen LogP contribution in [0.5, 0.6) is 0 Å². The van der Waals surface area contributed by atoms with Crippen molar-refractivity contribution in [1.29, 1.82) is 0 Å². The van der Waals surface area contributed by atoms with Crippen molar-refractivity contribution in [2.75, 3.05) is 6.54 Å². The van der Waals surface area contributed by atoms with Gasteiger partial charge < -0.3 is 10.7 Å². The molecule has 1 aliphatic rings. The molecule has 5 nitrogen and oxygen atoms in total. The number of carbonyl (C=O) groups is 1. The molecule has 1 amide bonds. The van der Waals surface area contributed by atoms with Crippen molar-refractivity contribution in [3.8, 4) is 0 Å². The summed E-state index contributed by atoms with van der Waals surface area (Å²) in [4.78, 5) is 29.4. The van der Waals surface area contributed by atoms with E-state index < -0.39 is 6.04 Å². The molecule has 0 fully saturated rings. The Morgan fingerprint density at radius 1 is 1.16 bits per heavy atom. The predicted octanol–water partition coefficient (Wildman–Crippen LogP) is 2.11. The number of rotatable bonds is 3. The van der Waals surface area contributed by atoms with Gasteiger partial charge in [-0.1, -0.05) is 42.5 Å². The molecule has 3 N–H and O–H groups in total. The number of fused-ring (bicyclic) bond motifs is 2. The van der Waals surface area contributed by atoms with E-state index in [1.807, 2.05) is 59.5 Å². The number of amides is 1. The molecule has 3 aromatic rings. The molecule has 0 bridgehead atoms. The number of pyridine rings is 1. The molecule has 126 valence electrons. The van der Waals surface area contributed by atoms with Crippen LogP contribution in [-0.2, 0) is 17.8 Å². The zero-order valence-electron chi connectivity index (χ0n) is 13.7. The minimum Gasteiger partial charge on any atom is -0.368 e. The number of H-pyrrole nitrogens is 1. The van der Waals surface area contributed by atoms with Gasteiger partial charge in [0.05, 0.1) is 0 Å². The monoisotopic (exact) mass is 333 g/mol. The van der Waals surface area contributed by atoms with Crippen molar-refractivity contribution in [2.24, 2.45) is 5.73 Å². The Morgan fingerprint density at radius 2 is 1.92 bits per heavy atom. The quantitative estimate of drug-likeness (QED) is 0.770. The number of benzene rings is 2. The largest absolute Gasteiger partial charge is 0.368 e.